The summed E-state index contributed by atoms with van der Waals surface area (Å²) in [6.45, 7) is 0.424. The number of carbonyl (C=O) groups excluding carboxylic acids is 4. The van der Waals surface area contributed by atoms with E-state index in [0.717, 1.165) is 19.3 Å². The van der Waals surface area contributed by atoms with E-state index in [1.165, 1.54) is 29.2 Å². The number of nitrogens with zero attached hydrogens (tertiary/aromatic N) is 2. The Morgan fingerprint density at radius 3 is 2.41 bits per heavy atom. The van der Waals surface area contributed by atoms with Gasteiger partial charge in [0.25, 0.3) is 17.5 Å². The summed E-state index contributed by atoms with van der Waals surface area (Å²) in [5.74, 6) is -1.55. The second-order valence-electron chi connectivity index (χ2n) is 6.53. The van der Waals surface area contributed by atoms with Crippen molar-refractivity contribution in [3.8, 4) is 0 Å². The number of amides is 4. The Morgan fingerprint density at radius 2 is 1.72 bits per heavy atom. The molecular formula is C18H23N5O6. The molecule has 0 aliphatic carbocycles. The molecule has 0 radical (unpaired) electrons. The number of nitro groups is 1. The van der Waals surface area contributed by atoms with E-state index in [-0.39, 0.29) is 36.7 Å². The standard InChI is InChI=1S/C18H23N5O6/c24-15(20-21-16(25)12-22-11-3-1-2-4-17(22)26)9-10-19-18(27)13-5-7-14(8-6-13)23(28)29/h5-8H,1-4,9-12H2,(H,19,27)(H,20,24)(H,21,25). The third-order valence-corrected chi connectivity index (χ3v) is 4.33. The molecule has 0 spiro atoms. The lowest BCUT2D eigenvalue weighted by Crippen LogP contribution is -2.48. The number of hydrazine groups is 1. The smallest absolute Gasteiger partial charge is 0.269 e. The zero-order valence-electron chi connectivity index (χ0n) is 15.8. The first kappa shape index (κ1) is 21.8. The summed E-state index contributed by atoms with van der Waals surface area (Å²) >= 11 is 0. The highest BCUT2D eigenvalue weighted by Crippen LogP contribution is 2.12. The summed E-state index contributed by atoms with van der Waals surface area (Å²) in [6, 6.07) is 5.06. The highest BCUT2D eigenvalue weighted by Gasteiger charge is 2.19. The molecule has 2 rings (SSSR count). The monoisotopic (exact) mass is 405 g/mol. The van der Waals surface area contributed by atoms with Crippen LogP contribution in [0.25, 0.3) is 0 Å². The Bertz CT molecular complexity index is 779. The van der Waals surface area contributed by atoms with Crippen LogP contribution < -0.4 is 16.2 Å². The highest BCUT2D eigenvalue weighted by molar-refractivity contribution is 5.94. The van der Waals surface area contributed by atoms with Gasteiger partial charge < -0.3 is 10.2 Å². The van der Waals surface area contributed by atoms with Crippen molar-refractivity contribution >= 4 is 29.3 Å². The molecular weight excluding hydrogens is 382 g/mol. The van der Waals surface area contributed by atoms with Crippen molar-refractivity contribution in [2.45, 2.75) is 32.1 Å². The minimum absolute atomic E-state index is 0.0160. The molecule has 1 aliphatic heterocycles. The molecule has 3 N–H and O–H groups in total. The van der Waals surface area contributed by atoms with E-state index in [9.17, 15) is 29.3 Å². The van der Waals surface area contributed by atoms with E-state index in [1.54, 1.807) is 0 Å². The fourth-order valence-electron chi connectivity index (χ4n) is 2.75. The first-order valence-electron chi connectivity index (χ1n) is 9.25. The molecule has 1 aromatic carbocycles. The molecule has 1 aromatic rings. The number of nitro benzene ring substituents is 1. The Hall–Kier alpha value is -3.50. The maximum Gasteiger partial charge on any atom is 0.269 e. The molecule has 0 saturated carbocycles. The van der Waals surface area contributed by atoms with E-state index in [4.69, 9.17) is 0 Å². The fourth-order valence-corrected chi connectivity index (χ4v) is 2.75. The molecule has 1 fully saturated rings. The zero-order chi connectivity index (χ0) is 21.2. The van der Waals surface area contributed by atoms with Crippen LogP contribution in [0.2, 0.25) is 0 Å². The SMILES string of the molecule is O=C(CCNC(=O)c1ccc([N+](=O)[O-])cc1)NNC(=O)CN1CCCCCC1=O. The van der Waals surface area contributed by atoms with Crippen molar-refractivity contribution in [1.82, 2.24) is 21.1 Å². The molecule has 0 bridgehead atoms. The maximum absolute atomic E-state index is 11.9. The topological polar surface area (TPSA) is 151 Å². The summed E-state index contributed by atoms with van der Waals surface area (Å²) in [7, 11) is 0. The molecule has 0 unspecified atom stereocenters. The molecule has 29 heavy (non-hydrogen) atoms. The van der Waals surface area contributed by atoms with Crippen LogP contribution in [0, 0.1) is 10.1 Å². The number of carbonyl (C=O) groups is 4. The lowest BCUT2D eigenvalue weighted by Gasteiger charge is -2.19. The molecule has 0 aromatic heterocycles. The summed E-state index contributed by atoms with van der Waals surface area (Å²) < 4.78 is 0. The first-order chi connectivity index (χ1) is 13.9. The second-order valence-corrected chi connectivity index (χ2v) is 6.53. The number of likely N-dealkylation sites (tertiary alicyclic amines) is 1. The molecule has 1 aliphatic rings. The Morgan fingerprint density at radius 1 is 1.03 bits per heavy atom. The van der Waals surface area contributed by atoms with Crippen LogP contribution in [0.1, 0.15) is 42.5 Å². The average Bonchev–Trinajstić information content (AvgIpc) is 2.90. The van der Waals surface area contributed by atoms with Gasteiger partial charge in [0.1, 0.15) is 6.54 Å². The zero-order valence-corrected chi connectivity index (χ0v) is 15.8. The predicted molar refractivity (Wildman–Crippen MR) is 101 cm³/mol. The molecule has 1 heterocycles. The largest absolute Gasteiger partial charge is 0.352 e. The van der Waals surface area contributed by atoms with Crippen molar-refractivity contribution in [1.29, 1.82) is 0 Å². The van der Waals surface area contributed by atoms with Gasteiger partial charge in [-0.25, -0.2) is 0 Å². The van der Waals surface area contributed by atoms with Crippen molar-refractivity contribution in [3.63, 3.8) is 0 Å². The van der Waals surface area contributed by atoms with Gasteiger partial charge in [0.15, 0.2) is 0 Å². The molecule has 11 nitrogen and oxygen atoms in total. The van der Waals surface area contributed by atoms with Gasteiger partial charge in [-0.3, -0.25) is 40.1 Å². The fraction of sp³-hybridized carbons (Fsp3) is 0.444. The lowest BCUT2D eigenvalue weighted by atomic mass is 10.2. The van der Waals surface area contributed by atoms with Gasteiger partial charge >= 0.3 is 0 Å². The summed E-state index contributed by atoms with van der Waals surface area (Å²) in [5.41, 5.74) is 4.58. The van der Waals surface area contributed by atoms with E-state index < -0.39 is 22.6 Å². The second kappa shape index (κ2) is 10.7. The normalized spacial score (nSPS) is 13.9. The first-order valence-corrected chi connectivity index (χ1v) is 9.25. The van der Waals surface area contributed by atoms with Crippen molar-refractivity contribution in [2.75, 3.05) is 19.6 Å². The van der Waals surface area contributed by atoms with Crippen LogP contribution in [0.3, 0.4) is 0 Å². The highest BCUT2D eigenvalue weighted by atomic mass is 16.6. The Balaban J connectivity index is 1.66. The molecule has 0 atom stereocenters. The van der Waals surface area contributed by atoms with Gasteiger partial charge in [0.2, 0.25) is 11.8 Å². The number of hydrogen-bond acceptors (Lipinski definition) is 6. The molecule has 1 saturated heterocycles. The van der Waals surface area contributed by atoms with Crippen molar-refractivity contribution in [3.05, 3.63) is 39.9 Å². The number of nitrogens with one attached hydrogen (secondary N) is 3. The van der Waals surface area contributed by atoms with Crippen LogP contribution >= 0.6 is 0 Å². The van der Waals surface area contributed by atoms with E-state index in [1.807, 2.05) is 0 Å². The Labute approximate surface area is 166 Å². The predicted octanol–water partition coefficient (Wildman–Crippen LogP) is 0.265. The minimum Gasteiger partial charge on any atom is -0.352 e. The van der Waals surface area contributed by atoms with Crippen LogP contribution in [0.15, 0.2) is 24.3 Å². The lowest BCUT2D eigenvalue weighted by molar-refractivity contribution is -0.384. The summed E-state index contributed by atoms with van der Waals surface area (Å²) in [6.07, 6.45) is 2.96. The third kappa shape index (κ3) is 7.20. The van der Waals surface area contributed by atoms with Crippen LogP contribution in [0.5, 0.6) is 0 Å². The van der Waals surface area contributed by atoms with Gasteiger partial charge in [-0.1, -0.05) is 6.42 Å². The molecule has 156 valence electrons. The van der Waals surface area contributed by atoms with Gasteiger partial charge in [0, 0.05) is 43.6 Å². The summed E-state index contributed by atoms with van der Waals surface area (Å²) in [5, 5.41) is 13.1. The van der Waals surface area contributed by atoms with Crippen LogP contribution in [-0.2, 0) is 14.4 Å². The number of benzene rings is 1. The third-order valence-electron chi connectivity index (χ3n) is 4.33. The van der Waals surface area contributed by atoms with Crippen LogP contribution in [-0.4, -0.2) is 53.1 Å². The van der Waals surface area contributed by atoms with Gasteiger partial charge in [-0.2, -0.15) is 0 Å². The quantitative estimate of drug-likeness (QED) is 0.437. The molecule has 11 heteroatoms. The number of hydrogen-bond donors (Lipinski definition) is 3. The summed E-state index contributed by atoms with van der Waals surface area (Å²) in [4.78, 5) is 58.9. The van der Waals surface area contributed by atoms with Crippen LogP contribution in [0.4, 0.5) is 5.69 Å². The van der Waals surface area contributed by atoms with E-state index in [2.05, 4.69) is 16.2 Å². The number of non-ortho nitro benzene ring substituents is 1. The Kier molecular flexibility index (Phi) is 8.07. The van der Waals surface area contributed by atoms with Gasteiger partial charge in [-0.15, -0.1) is 0 Å². The number of rotatable bonds is 7. The maximum atomic E-state index is 11.9. The van der Waals surface area contributed by atoms with E-state index >= 15 is 0 Å². The molecule has 4 amide bonds. The van der Waals surface area contributed by atoms with Crippen molar-refractivity contribution in [2.24, 2.45) is 0 Å². The van der Waals surface area contributed by atoms with Crippen molar-refractivity contribution < 1.29 is 24.1 Å². The van der Waals surface area contributed by atoms with E-state index in [0.29, 0.717) is 13.0 Å². The van der Waals surface area contributed by atoms with Gasteiger partial charge in [-0.05, 0) is 25.0 Å². The van der Waals surface area contributed by atoms with Gasteiger partial charge in [0.05, 0.1) is 4.92 Å². The minimum atomic E-state index is -0.566. The average molecular weight is 405 g/mol.